The predicted octanol–water partition coefficient (Wildman–Crippen LogP) is 8.46. The molecule has 2 aromatic rings. The predicted molar refractivity (Wildman–Crippen MR) is 134 cm³/mol. The fraction of sp³-hybridized carbons (Fsp3) is 0.567. The fourth-order valence-electron chi connectivity index (χ4n) is 5.99. The molecule has 6 heteroatoms. The zero-order valence-corrected chi connectivity index (χ0v) is 21.3. The summed E-state index contributed by atoms with van der Waals surface area (Å²) in [7, 11) is 0. The molecular formula is C30H37F3O3. The van der Waals surface area contributed by atoms with Gasteiger partial charge in [0.05, 0.1) is 12.2 Å². The van der Waals surface area contributed by atoms with Crippen LogP contribution in [0, 0.1) is 23.4 Å². The van der Waals surface area contributed by atoms with Crippen LogP contribution in [-0.4, -0.2) is 18.7 Å². The molecule has 0 atom stereocenters. The molecule has 0 saturated heterocycles. The molecule has 2 saturated carbocycles. The first-order chi connectivity index (χ1) is 17.4. The van der Waals surface area contributed by atoms with Gasteiger partial charge in [-0.25, -0.2) is 18.0 Å². The minimum atomic E-state index is -0.714. The average Bonchev–Trinajstić information content (AvgIpc) is 2.88. The second-order valence-electron chi connectivity index (χ2n) is 10.3. The zero-order valence-electron chi connectivity index (χ0n) is 21.3. The van der Waals surface area contributed by atoms with Crippen LogP contribution in [0.15, 0.2) is 30.3 Å². The van der Waals surface area contributed by atoms with E-state index < -0.39 is 23.4 Å². The van der Waals surface area contributed by atoms with Crippen molar-refractivity contribution < 1.29 is 27.4 Å². The monoisotopic (exact) mass is 502 g/mol. The second-order valence-corrected chi connectivity index (χ2v) is 10.3. The van der Waals surface area contributed by atoms with Crippen LogP contribution in [-0.2, 0) is 4.74 Å². The molecule has 2 aliphatic rings. The molecule has 36 heavy (non-hydrogen) atoms. The number of rotatable bonds is 8. The van der Waals surface area contributed by atoms with E-state index >= 15 is 8.78 Å². The van der Waals surface area contributed by atoms with Crippen LogP contribution in [0.25, 0.3) is 0 Å². The lowest BCUT2D eigenvalue weighted by atomic mass is 9.76. The van der Waals surface area contributed by atoms with Gasteiger partial charge in [-0.05, 0) is 105 Å². The summed E-state index contributed by atoms with van der Waals surface area (Å²) in [5.74, 6) is -1.78. The summed E-state index contributed by atoms with van der Waals surface area (Å²) >= 11 is 0. The molecule has 0 radical (unpaired) electrons. The van der Waals surface area contributed by atoms with Crippen molar-refractivity contribution in [3.8, 4) is 5.75 Å². The molecule has 0 bridgehead atoms. The number of ether oxygens (including phenoxy) is 2. The minimum absolute atomic E-state index is 0.0963. The molecule has 0 unspecified atom stereocenters. The van der Waals surface area contributed by atoms with Crippen molar-refractivity contribution in [1.82, 2.24) is 0 Å². The molecule has 3 nitrogen and oxygen atoms in total. The van der Waals surface area contributed by atoms with E-state index in [-0.39, 0.29) is 29.3 Å². The summed E-state index contributed by atoms with van der Waals surface area (Å²) in [4.78, 5) is 12.5. The van der Waals surface area contributed by atoms with Crippen molar-refractivity contribution in [3.05, 3.63) is 64.5 Å². The van der Waals surface area contributed by atoms with Gasteiger partial charge in [0, 0.05) is 0 Å². The van der Waals surface area contributed by atoms with Crippen LogP contribution >= 0.6 is 0 Å². The third-order valence-corrected chi connectivity index (χ3v) is 7.98. The highest BCUT2D eigenvalue weighted by atomic mass is 19.2. The minimum Gasteiger partial charge on any atom is -0.491 e. The molecule has 2 aromatic carbocycles. The lowest BCUT2D eigenvalue weighted by Crippen LogP contribution is -2.24. The average molecular weight is 503 g/mol. The first-order valence-corrected chi connectivity index (χ1v) is 13.5. The van der Waals surface area contributed by atoms with Crippen LogP contribution in [0.5, 0.6) is 5.75 Å². The molecule has 0 aromatic heterocycles. The Hall–Kier alpha value is -2.50. The van der Waals surface area contributed by atoms with Crippen LogP contribution in [0.3, 0.4) is 0 Å². The summed E-state index contributed by atoms with van der Waals surface area (Å²) in [6, 6.07) is 7.59. The molecular weight excluding hydrogens is 465 g/mol. The van der Waals surface area contributed by atoms with E-state index in [0.29, 0.717) is 43.4 Å². The maximum atomic E-state index is 15.1. The van der Waals surface area contributed by atoms with Gasteiger partial charge < -0.3 is 9.47 Å². The Morgan fingerprint density at radius 2 is 1.42 bits per heavy atom. The Morgan fingerprint density at radius 3 is 1.94 bits per heavy atom. The van der Waals surface area contributed by atoms with Crippen molar-refractivity contribution in [1.29, 1.82) is 0 Å². The van der Waals surface area contributed by atoms with Crippen molar-refractivity contribution in [2.75, 3.05) is 6.61 Å². The van der Waals surface area contributed by atoms with Gasteiger partial charge in [0.15, 0.2) is 23.2 Å². The number of esters is 1. The Bertz CT molecular complexity index is 1040. The van der Waals surface area contributed by atoms with Gasteiger partial charge in [-0.2, -0.15) is 0 Å². The standard InChI is InChI=1S/C30H37F3O3/c1-3-5-19-6-8-20(9-7-19)24-15-16-25(29(33)28(24)32)21-10-13-23(14-11-21)36-30(34)22-12-17-27(35-4-2)26(31)18-22/h12,15-21,23H,3-11,13-14H2,1-2H3. The van der Waals surface area contributed by atoms with Crippen LogP contribution in [0.4, 0.5) is 13.2 Å². The SMILES string of the molecule is CCCC1CCC(c2ccc(C3CCC(OC(=O)c4ccc(OCC)c(F)c4)CC3)c(F)c2F)CC1. The zero-order chi connectivity index (χ0) is 25.7. The van der Waals surface area contributed by atoms with Crippen LogP contribution in [0.1, 0.15) is 111 Å². The highest BCUT2D eigenvalue weighted by Crippen LogP contribution is 2.41. The number of benzene rings is 2. The summed E-state index contributed by atoms with van der Waals surface area (Å²) < 4.78 is 55.1. The van der Waals surface area contributed by atoms with Gasteiger partial charge in [-0.15, -0.1) is 0 Å². The summed E-state index contributed by atoms with van der Waals surface area (Å²) in [5.41, 5.74) is 1.08. The van der Waals surface area contributed by atoms with Crippen LogP contribution < -0.4 is 4.74 Å². The molecule has 0 N–H and O–H groups in total. The maximum absolute atomic E-state index is 15.1. The molecule has 4 rings (SSSR count). The fourth-order valence-corrected chi connectivity index (χ4v) is 5.99. The second kappa shape index (κ2) is 12.2. The van der Waals surface area contributed by atoms with Crippen LogP contribution in [0.2, 0.25) is 0 Å². The van der Waals surface area contributed by atoms with Gasteiger partial charge in [-0.1, -0.05) is 31.9 Å². The number of carbonyl (C=O) groups excluding carboxylic acids is 1. The Kier molecular flexibility index (Phi) is 8.97. The first-order valence-electron chi connectivity index (χ1n) is 13.5. The molecule has 0 aliphatic heterocycles. The van der Waals surface area contributed by atoms with Gasteiger partial charge >= 0.3 is 5.97 Å². The lowest BCUT2D eigenvalue weighted by Gasteiger charge is -2.31. The summed E-state index contributed by atoms with van der Waals surface area (Å²) in [6.45, 7) is 4.28. The van der Waals surface area contributed by atoms with Gasteiger partial charge in [-0.3, -0.25) is 0 Å². The summed E-state index contributed by atoms with van der Waals surface area (Å²) in [6.07, 6.45) is 8.42. The van der Waals surface area contributed by atoms with Crippen molar-refractivity contribution in [2.45, 2.75) is 96.0 Å². The number of hydrogen-bond acceptors (Lipinski definition) is 3. The van der Waals surface area contributed by atoms with Gasteiger partial charge in [0.25, 0.3) is 0 Å². The molecule has 2 fully saturated rings. The number of halogens is 3. The third kappa shape index (κ3) is 6.07. The quantitative estimate of drug-likeness (QED) is 0.340. The van der Waals surface area contributed by atoms with E-state index in [4.69, 9.17) is 9.47 Å². The number of carbonyl (C=O) groups is 1. The van der Waals surface area contributed by atoms with Gasteiger partial charge in [0.1, 0.15) is 6.10 Å². The van der Waals surface area contributed by atoms with E-state index in [1.165, 1.54) is 25.0 Å². The third-order valence-electron chi connectivity index (χ3n) is 7.98. The smallest absolute Gasteiger partial charge is 0.338 e. The highest BCUT2D eigenvalue weighted by molar-refractivity contribution is 5.89. The van der Waals surface area contributed by atoms with E-state index in [1.54, 1.807) is 19.1 Å². The maximum Gasteiger partial charge on any atom is 0.338 e. The largest absolute Gasteiger partial charge is 0.491 e. The lowest BCUT2D eigenvalue weighted by molar-refractivity contribution is 0.0193. The Balaban J connectivity index is 1.33. The molecule has 2 aliphatic carbocycles. The molecule has 0 heterocycles. The molecule has 0 spiro atoms. The van der Waals surface area contributed by atoms with Crippen molar-refractivity contribution in [3.63, 3.8) is 0 Å². The molecule has 196 valence electrons. The van der Waals surface area contributed by atoms with E-state index in [2.05, 4.69) is 6.92 Å². The van der Waals surface area contributed by atoms with E-state index in [0.717, 1.165) is 37.7 Å². The highest BCUT2D eigenvalue weighted by Gasteiger charge is 2.30. The Labute approximate surface area is 212 Å². The summed E-state index contributed by atoms with van der Waals surface area (Å²) in [5, 5.41) is 0. The van der Waals surface area contributed by atoms with E-state index in [1.807, 2.05) is 0 Å². The van der Waals surface area contributed by atoms with E-state index in [9.17, 15) is 9.18 Å². The number of hydrogen-bond donors (Lipinski definition) is 0. The first kappa shape index (κ1) is 26.6. The molecule has 0 amide bonds. The van der Waals surface area contributed by atoms with Crippen molar-refractivity contribution in [2.24, 2.45) is 5.92 Å². The van der Waals surface area contributed by atoms with Gasteiger partial charge in [0.2, 0.25) is 0 Å². The topological polar surface area (TPSA) is 35.5 Å². The van der Waals surface area contributed by atoms with Crippen molar-refractivity contribution >= 4 is 5.97 Å². The normalized spacial score (nSPS) is 24.4. The Morgan fingerprint density at radius 1 is 0.833 bits per heavy atom.